The molecule has 3 aromatic rings. The number of imide groups is 2. The molecule has 0 atom stereocenters. The first-order chi connectivity index (χ1) is 14.0. The lowest BCUT2D eigenvalue weighted by Crippen LogP contribution is -2.54. The Balaban J connectivity index is 1.77. The van der Waals surface area contributed by atoms with Gasteiger partial charge in [0, 0.05) is 30.0 Å². The zero-order valence-electron chi connectivity index (χ0n) is 15.9. The molecule has 0 spiro atoms. The highest BCUT2D eigenvalue weighted by Gasteiger charge is 2.36. The van der Waals surface area contributed by atoms with E-state index in [0.29, 0.717) is 11.4 Å². The molecule has 4 rings (SSSR count). The first-order valence-electron chi connectivity index (χ1n) is 9.02. The van der Waals surface area contributed by atoms with Gasteiger partial charge in [0.05, 0.1) is 5.69 Å². The van der Waals surface area contributed by atoms with Crippen LogP contribution in [0.2, 0.25) is 0 Å². The van der Waals surface area contributed by atoms with Crippen LogP contribution in [0.15, 0.2) is 66.6 Å². The molecule has 3 heterocycles. The highest BCUT2D eigenvalue weighted by Crippen LogP contribution is 2.23. The normalized spacial score (nSPS) is 15.7. The number of benzene rings is 1. The first-order valence-corrected chi connectivity index (χ1v) is 9.02. The topological polar surface area (TPSA) is 84.3 Å². The van der Waals surface area contributed by atoms with Crippen LogP contribution in [0.25, 0.3) is 11.8 Å². The summed E-state index contributed by atoms with van der Waals surface area (Å²) < 4.78 is 1.90. The fourth-order valence-electron chi connectivity index (χ4n) is 3.34. The summed E-state index contributed by atoms with van der Waals surface area (Å²) in [5.41, 5.74) is 4.02. The SMILES string of the molecule is Cc1ccc(-n2cccc2/C=C2\C(=O)NC(=O)N(c3ccncc3)C2=O)c(C)c1. The summed E-state index contributed by atoms with van der Waals surface area (Å²) in [4.78, 5) is 42.5. The number of pyridine rings is 1. The summed E-state index contributed by atoms with van der Waals surface area (Å²) >= 11 is 0. The van der Waals surface area contributed by atoms with Crippen LogP contribution in [-0.2, 0) is 9.59 Å². The average Bonchev–Trinajstić information content (AvgIpc) is 3.14. The van der Waals surface area contributed by atoms with Crippen molar-refractivity contribution < 1.29 is 14.4 Å². The molecular weight excluding hydrogens is 368 g/mol. The number of barbiturate groups is 1. The van der Waals surface area contributed by atoms with Gasteiger partial charge in [0.15, 0.2) is 0 Å². The van der Waals surface area contributed by atoms with Crippen LogP contribution in [-0.4, -0.2) is 27.4 Å². The fraction of sp³-hybridized carbons (Fsp3) is 0.0909. The van der Waals surface area contributed by atoms with Crippen molar-refractivity contribution in [2.45, 2.75) is 13.8 Å². The monoisotopic (exact) mass is 386 g/mol. The zero-order valence-corrected chi connectivity index (χ0v) is 15.9. The van der Waals surface area contributed by atoms with Gasteiger partial charge in [0.2, 0.25) is 0 Å². The molecule has 1 aromatic carbocycles. The van der Waals surface area contributed by atoms with Crippen LogP contribution >= 0.6 is 0 Å². The number of nitrogens with one attached hydrogen (secondary N) is 1. The number of amides is 4. The van der Waals surface area contributed by atoms with Gasteiger partial charge in [0.25, 0.3) is 11.8 Å². The van der Waals surface area contributed by atoms with Crippen molar-refractivity contribution in [3.8, 4) is 5.69 Å². The lowest BCUT2D eigenvalue weighted by Gasteiger charge is -2.26. The Morgan fingerprint density at radius 1 is 1.00 bits per heavy atom. The van der Waals surface area contributed by atoms with E-state index >= 15 is 0 Å². The van der Waals surface area contributed by atoms with Gasteiger partial charge in [-0.2, -0.15) is 0 Å². The van der Waals surface area contributed by atoms with Crippen LogP contribution in [0.1, 0.15) is 16.8 Å². The van der Waals surface area contributed by atoms with E-state index in [9.17, 15) is 14.4 Å². The summed E-state index contributed by atoms with van der Waals surface area (Å²) in [6, 6.07) is 12.0. The van der Waals surface area contributed by atoms with Crippen LogP contribution in [0.3, 0.4) is 0 Å². The van der Waals surface area contributed by atoms with Crippen LogP contribution in [0.4, 0.5) is 10.5 Å². The molecule has 2 aromatic heterocycles. The van der Waals surface area contributed by atoms with Gasteiger partial charge in [-0.1, -0.05) is 17.7 Å². The number of anilines is 1. The Kier molecular flexibility index (Phi) is 4.56. The van der Waals surface area contributed by atoms with Crippen molar-refractivity contribution in [1.29, 1.82) is 0 Å². The highest BCUT2D eigenvalue weighted by atomic mass is 16.2. The zero-order chi connectivity index (χ0) is 20.5. The molecule has 7 heteroatoms. The van der Waals surface area contributed by atoms with Crippen LogP contribution in [0.5, 0.6) is 0 Å². The van der Waals surface area contributed by atoms with E-state index < -0.39 is 17.8 Å². The predicted molar refractivity (Wildman–Crippen MR) is 108 cm³/mol. The van der Waals surface area contributed by atoms with Crippen molar-refractivity contribution in [1.82, 2.24) is 14.9 Å². The molecule has 4 amide bonds. The van der Waals surface area contributed by atoms with E-state index in [1.54, 1.807) is 6.07 Å². The molecule has 1 aliphatic heterocycles. The second-order valence-corrected chi connectivity index (χ2v) is 6.76. The minimum atomic E-state index is -0.784. The van der Waals surface area contributed by atoms with E-state index in [-0.39, 0.29) is 5.57 Å². The molecule has 1 saturated heterocycles. The minimum Gasteiger partial charge on any atom is -0.317 e. The Morgan fingerprint density at radius 2 is 1.76 bits per heavy atom. The highest BCUT2D eigenvalue weighted by molar-refractivity contribution is 6.39. The third-order valence-corrected chi connectivity index (χ3v) is 4.71. The van der Waals surface area contributed by atoms with Gasteiger partial charge >= 0.3 is 6.03 Å². The van der Waals surface area contributed by atoms with Gasteiger partial charge in [-0.15, -0.1) is 0 Å². The number of hydrogen-bond donors (Lipinski definition) is 1. The standard InChI is InChI=1S/C22H18N4O3/c1-14-5-6-19(15(2)12-14)25-11-3-4-17(25)13-18-20(27)24-22(29)26(21(18)28)16-7-9-23-10-8-16/h3-13H,1-2H3,(H,24,27,29)/b18-13+. The summed E-state index contributed by atoms with van der Waals surface area (Å²) in [5, 5.41) is 2.23. The Morgan fingerprint density at radius 3 is 2.48 bits per heavy atom. The van der Waals surface area contributed by atoms with Crippen molar-refractivity contribution in [3.05, 3.63) is 83.4 Å². The number of nitrogens with zero attached hydrogens (tertiary/aromatic N) is 3. The van der Waals surface area contributed by atoms with E-state index in [1.807, 2.05) is 42.8 Å². The van der Waals surface area contributed by atoms with E-state index in [0.717, 1.165) is 21.7 Å². The van der Waals surface area contributed by atoms with E-state index in [1.165, 1.54) is 30.6 Å². The maximum atomic E-state index is 13.0. The Hall–Kier alpha value is -4.00. The van der Waals surface area contributed by atoms with Crippen LogP contribution in [0, 0.1) is 13.8 Å². The van der Waals surface area contributed by atoms with Gasteiger partial charge in [0.1, 0.15) is 5.57 Å². The molecule has 1 aliphatic rings. The lowest BCUT2D eigenvalue weighted by atomic mass is 10.1. The summed E-state index contributed by atoms with van der Waals surface area (Å²) in [6.07, 6.45) is 6.31. The largest absolute Gasteiger partial charge is 0.335 e. The summed E-state index contributed by atoms with van der Waals surface area (Å²) in [5.74, 6) is -1.41. The third-order valence-electron chi connectivity index (χ3n) is 4.71. The number of hydrogen-bond acceptors (Lipinski definition) is 4. The van der Waals surface area contributed by atoms with Crippen molar-refractivity contribution in [2.75, 3.05) is 4.90 Å². The summed E-state index contributed by atoms with van der Waals surface area (Å²) in [6.45, 7) is 4.02. The first kappa shape index (κ1) is 18.4. The maximum Gasteiger partial charge on any atom is 0.335 e. The molecule has 29 heavy (non-hydrogen) atoms. The molecule has 0 saturated carbocycles. The number of carbonyl (C=O) groups is 3. The molecule has 144 valence electrons. The number of carbonyl (C=O) groups excluding carboxylic acids is 3. The Labute approximate surface area is 167 Å². The number of rotatable bonds is 3. The molecule has 1 fully saturated rings. The molecule has 0 bridgehead atoms. The smallest absolute Gasteiger partial charge is 0.317 e. The van der Waals surface area contributed by atoms with Gasteiger partial charge < -0.3 is 4.57 Å². The van der Waals surface area contributed by atoms with Crippen molar-refractivity contribution >= 4 is 29.6 Å². The predicted octanol–water partition coefficient (Wildman–Crippen LogP) is 3.16. The number of aryl methyl sites for hydroxylation is 2. The van der Waals surface area contributed by atoms with E-state index in [4.69, 9.17) is 0 Å². The minimum absolute atomic E-state index is 0.119. The van der Waals surface area contributed by atoms with Crippen molar-refractivity contribution in [3.63, 3.8) is 0 Å². The second-order valence-electron chi connectivity index (χ2n) is 6.76. The lowest BCUT2D eigenvalue weighted by molar-refractivity contribution is -0.122. The van der Waals surface area contributed by atoms with Gasteiger partial charge in [-0.3, -0.25) is 19.9 Å². The quantitative estimate of drug-likeness (QED) is 0.554. The number of aromatic nitrogens is 2. The van der Waals surface area contributed by atoms with Crippen LogP contribution < -0.4 is 10.2 Å². The average molecular weight is 386 g/mol. The molecule has 7 nitrogen and oxygen atoms in total. The Bertz CT molecular complexity index is 1160. The molecule has 0 aliphatic carbocycles. The molecule has 0 unspecified atom stereocenters. The van der Waals surface area contributed by atoms with E-state index in [2.05, 4.69) is 16.4 Å². The van der Waals surface area contributed by atoms with Gasteiger partial charge in [-0.25, -0.2) is 9.69 Å². The number of urea groups is 1. The summed E-state index contributed by atoms with van der Waals surface area (Å²) in [7, 11) is 0. The van der Waals surface area contributed by atoms with Gasteiger partial charge in [-0.05, 0) is 55.8 Å². The van der Waals surface area contributed by atoms with Crippen molar-refractivity contribution in [2.24, 2.45) is 0 Å². The molecule has 1 N–H and O–H groups in total. The second kappa shape index (κ2) is 7.20. The maximum absolute atomic E-state index is 13.0. The third kappa shape index (κ3) is 3.34. The molecule has 0 radical (unpaired) electrons. The molecular formula is C22H18N4O3. The fourth-order valence-corrected chi connectivity index (χ4v) is 3.34.